The molecule has 0 fully saturated rings. The Labute approximate surface area is 184 Å². The Kier molecular flexibility index (Phi) is 6.47. The van der Waals surface area contributed by atoms with Gasteiger partial charge in [-0.2, -0.15) is 0 Å². The number of thiazole rings is 1. The van der Waals surface area contributed by atoms with Crippen molar-refractivity contribution in [3.8, 4) is 17.0 Å². The first-order valence-electron chi connectivity index (χ1n) is 9.40. The van der Waals surface area contributed by atoms with Gasteiger partial charge in [0.2, 0.25) is 5.91 Å². The van der Waals surface area contributed by atoms with E-state index in [1.54, 1.807) is 18.4 Å². The molecule has 0 spiro atoms. The molecule has 1 amide bonds. The summed E-state index contributed by atoms with van der Waals surface area (Å²) < 4.78 is 6.11. The zero-order chi connectivity index (χ0) is 20.8. The highest BCUT2D eigenvalue weighted by molar-refractivity contribution is 8.01. The molecule has 6 heteroatoms. The number of anilines is 1. The van der Waals surface area contributed by atoms with E-state index in [0.717, 1.165) is 21.2 Å². The Morgan fingerprint density at radius 1 is 1.00 bits per heavy atom. The number of thioether (sulfide) groups is 1. The number of aromatic nitrogens is 1. The number of methoxy groups -OCH3 is 1. The number of nitrogens with one attached hydrogen (secondary N) is 1. The third-order valence-electron chi connectivity index (χ3n) is 4.45. The Bertz CT molecular complexity index is 1110. The number of benzene rings is 3. The van der Waals surface area contributed by atoms with E-state index >= 15 is 0 Å². The SMILES string of the molecule is COc1cccc(NC(=O)[C@@H](Sc2nc(-c3ccccc3)cs2)c2ccccc2)c1. The predicted octanol–water partition coefficient (Wildman–Crippen LogP) is 6.29. The molecule has 30 heavy (non-hydrogen) atoms. The van der Waals surface area contributed by atoms with Gasteiger partial charge in [-0.25, -0.2) is 4.98 Å². The van der Waals surface area contributed by atoms with E-state index in [9.17, 15) is 4.79 Å². The summed E-state index contributed by atoms with van der Waals surface area (Å²) in [5.41, 5.74) is 3.62. The lowest BCUT2D eigenvalue weighted by Gasteiger charge is -2.16. The molecule has 4 rings (SSSR count). The minimum absolute atomic E-state index is 0.101. The predicted molar refractivity (Wildman–Crippen MR) is 124 cm³/mol. The maximum Gasteiger partial charge on any atom is 0.242 e. The van der Waals surface area contributed by atoms with Crippen LogP contribution in [0.25, 0.3) is 11.3 Å². The van der Waals surface area contributed by atoms with Crippen LogP contribution >= 0.6 is 23.1 Å². The van der Waals surface area contributed by atoms with Gasteiger partial charge in [0.1, 0.15) is 11.0 Å². The second-order valence-corrected chi connectivity index (χ2v) is 8.70. The van der Waals surface area contributed by atoms with E-state index in [1.165, 1.54) is 11.8 Å². The minimum atomic E-state index is -0.424. The minimum Gasteiger partial charge on any atom is -0.497 e. The van der Waals surface area contributed by atoms with Gasteiger partial charge in [0.15, 0.2) is 4.34 Å². The highest BCUT2D eigenvalue weighted by Gasteiger charge is 2.24. The van der Waals surface area contributed by atoms with Gasteiger partial charge in [-0.1, -0.05) is 78.5 Å². The summed E-state index contributed by atoms with van der Waals surface area (Å²) in [5.74, 6) is 0.597. The van der Waals surface area contributed by atoms with Crippen LogP contribution in [-0.2, 0) is 4.79 Å². The molecule has 3 aromatic carbocycles. The normalized spacial score (nSPS) is 11.6. The molecule has 1 aromatic heterocycles. The molecule has 0 radical (unpaired) electrons. The van der Waals surface area contributed by atoms with Crippen LogP contribution in [0.15, 0.2) is 94.6 Å². The number of amides is 1. The van der Waals surface area contributed by atoms with Crippen LogP contribution in [0.3, 0.4) is 0 Å². The maximum atomic E-state index is 13.2. The van der Waals surface area contributed by atoms with Crippen molar-refractivity contribution in [2.24, 2.45) is 0 Å². The first-order chi connectivity index (χ1) is 14.7. The summed E-state index contributed by atoms with van der Waals surface area (Å²) in [6.07, 6.45) is 0. The van der Waals surface area contributed by atoms with Gasteiger partial charge < -0.3 is 10.1 Å². The van der Waals surface area contributed by atoms with Crippen molar-refractivity contribution in [2.45, 2.75) is 9.59 Å². The smallest absolute Gasteiger partial charge is 0.242 e. The fraction of sp³-hybridized carbons (Fsp3) is 0.0833. The number of rotatable bonds is 7. The van der Waals surface area contributed by atoms with E-state index in [-0.39, 0.29) is 5.91 Å². The zero-order valence-electron chi connectivity index (χ0n) is 16.3. The third kappa shape index (κ3) is 4.90. The maximum absolute atomic E-state index is 13.2. The lowest BCUT2D eigenvalue weighted by atomic mass is 10.1. The van der Waals surface area contributed by atoms with Crippen molar-refractivity contribution in [3.63, 3.8) is 0 Å². The molecule has 1 atom stereocenters. The number of hydrogen-bond donors (Lipinski definition) is 1. The van der Waals surface area contributed by atoms with Gasteiger partial charge in [0.05, 0.1) is 12.8 Å². The van der Waals surface area contributed by atoms with Crippen molar-refractivity contribution >= 4 is 34.7 Å². The molecule has 4 nitrogen and oxygen atoms in total. The molecule has 0 saturated carbocycles. The summed E-state index contributed by atoms with van der Waals surface area (Å²) in [5, 5.41) is 4.61. The summed E-state index contributed by atoms with van der Waals surface area (Å²) in [7, 11) is 1.61. The van der Waals surface area contributed by atoms with E-state index in [1.807, 2.05) is 90.3 Å². The van der Waals surface area contributed by atoms with E-state index in [4.69, 9.17) is 9.72 Å². The van der Waals surface area contributed by atoms with Gasteiger partial charge in [-0.05, 0) is 17.7 Å². The summed E-state index contributed by atoms with van der Waals surface area (Å²) >= 11 is 3.01. The largest absolute Gasteiger partial charge is 0.497 e. The molecular formula is C24H20N2O2S2. The van der Waals surface area contributed by atoms with E-state index in [0.29, 0.717) is 11.4 Å². The second kappa shape index (κ2) is 9.61. The van der Waals surface area contributed by atoms with Gasteiger partial charge in [-0.3, -0.25) is 4.79 Å². The van der Waals surface area contributed by atoms with Crippen molar-refractivity contribution in [3.05, 3.63) is 95.9 Å². The number of nitrogens with zero attached hydrogens (tertiary/aromatic N) is 1. The van der Waals surface area contributed by atoms with Crippen LogP contribution in [0.4, 0.5) is 5.69 Å². The standard InChI is InChI=1S/C24H20N2O2S2/c1-28-20-14-8-13-19(15-20)25-23(27)22(18-11-6-3-7-12-18)30-24-26-21(16-29-24)17-9-4-2-5-10-17/h2-16,22H,1H3,(H,25,27)/t22-/m0/s1. The number of carbonyl (C=O) groups excluding carboxylic acids is 1. The molecule has 0 aliphatic rings. The van der Waals surface area contributed by atoms with Crippen LogP contribution in [0.5, 0.6) is 5.75 Å². The average Bonchev–Trinajstić information content (AvgIpc) is 3.27. The van der Waals surface area contributed by atoms with Gasteiger partial charge >= 0.3 is 0 Å². The molecular weight excluding hydrogens is 412 g/mol. The quantitative estimate of drug-likeness (QED) is 0.349. The van der Waals surface area contributed by atoms with E-state index < -0.39 is 5.25 Å². The van der Waals surface area contributed by atoms with Crippen LogP contribution in [-0.4, -0.2) is 18.0 Å². The second-order valence-electron chi connectivity index (χ2n) is 6.49. The van der Waals surface area contributed by atoms with Gasteiger partial charge in [0, 0.05) is 22.7 Å². The number of ether oxygens (including phenoxy) is 1. The number of hydrogen-bond acceptors (Lipinski definition) is 5. The lowest BCUT2D eigenvalue weighted by molar-refractivity contribution is -0.115. The molecule has 1 N–H and O–H groups in total. The summed E-state index contributed by atoms with van der Waals surface area (Å²) in [4.78, 5) is 17.9. The molecule has 0 aliphatic heterocycles. The highest BCUT2D eigenvalue weighted by Crippen LogP contribution is 2.39. The Balaban J connectivity index is 1.57. The first kappa shape index (κ1) is 20.2. The topological polar surface area (TPSA) is 51.2 Å². The first-order valence-corrected chi connectivity index (χ1v) is 11.2. The van der Waals surface area contributed by atoms with Gasteiger partial charge in [-0.15, -0.1) is 11.3 Å². The van der Waals surface area contributed by atoms with Crippen LogP contribution in [0, 0.1) is 0 Å². The fourth-order valence-electron chi connectivity index (χ4n) is 2.96. The fourth-order valence-corrected chi connectivity index (χ4v) is 4.98. The Morgan fingerprint density at radius 2 is 1.73 bits per heavy atom. The monoisotopic (exact) mass is 432 g/mol. The van der Waals surface area contributed by atoms with E-state index in [2.05, 4.69) is 5.32 Å². The lowest BCUT2D eigenvalue weighted by Crippen LogP contribution is -2.19. The Hall–Kier alpha value is -3.09. The van der Waals surface area contributed by atoms with Crippen LogP contribution in [0.1, 0.15) is 10.8 Å². The zero-order valence-corrected chi connectivity index (χ0v) is 18.0. The molecule has 4 aromatic rings. The van der Waals surface area contributed by atoms with Crippen molar-refractivity contribution in [1.82, 2.24) is 4.98 Å². The molecule has 0 aliphatic carbocycles. The molecule has 0 saturated heterocycles. The van der Waals surface area contributed by atoms with Crippen molar-refractivity contribution in [1.29, 1.82) is 0 Å². The molecule has 150 valence electrons. The summed E-state index contributed by atoms with van der Waals surface area (Å²) in [6.45, 7) is 0. The summed E-state index contributed by atoms with van der Waals surface area (Å²) in [6, 6.07) is 27.2. The molecule has 1 heterocycles. The third-order valence-corrected chi connectivity index (χ3v) is 6.68. The van der Waals surface area contributed by atoms with Gasteiger partial charge in [0.25, 0.3) is 0 Å². The van der Waals surface area contributed by atoms with Crippen molar-refractivity contribution < 1.29 is 9.53 Å². The molecule has 0 bridgehead atoms. The van der Waals surface area contributed by atoms with Crippen LogP contribution in [0.2, 0.25) is 0 Å². The average molecular weight is 433 g/mol. The Morgan fingerprint density at radius 3 is 2.47 bits per heavy atom. The van der Waals surface area contributed by atoms with Crippen molar-refractivity contribution in [2.75, 3.05) is 12.4 Å². The molecule has 0 unspecified atom stereocenters. The highest BCUT2D eigenvalue weighted by atomic mass is 32.2. The van der Waals surface area contributed by atoms with Crippen LogP contribution < -0.4 is 10.1 Å². The number of carbonyl (C=O) groups is 1.